The van der Waals surface area contributed by atoms with Crippen LogP contribution in [0.5, 0.6) is 0 Å². The van der Waals surface area contributed by atoms with Crippen molar-refractivity contribution in [3.8, 4) is 0 Å². The molecule has 0 amide bonds. The fourth-order valence-electron chi connectivity index (χ4n) is 5.01. The summed E-state index contributed by atoms with van der Waals surface area (Å²) in [4.78, 5) is 0. The highest BCUT2D eigenvalue weighted by Crippen LogP contribution is 2.65. The minimum atomic E-state index is -0.0345. The van der Waals surface area contributed by atoms with Crippen LogP contribution in [0.15, 0.2) is 0 Å². The molecule has 0 radical (unpaired) electrons. The van der Waals surface area contributed by atoms with Crippen LogP contribution in [0.1, 0.15) is 46.5 Å². The van der Waals surface area contributed by atoms with Crippen LogP contribution < -0.4 is 5.32 Å². The Kier molecular flexibility index (Phi) is 2.30. The quantitative estimate of drug-likeness (QED) is 0.721. The van der Waals surface area contributed by atoms with Gasteiger partial charge in [-0.2, -0.15) is 0 Å². The summed E-state index contributed by atoms with van der Waals surface area (Å²) in [5, 5.41) is 3.52. The van der Waals surface area contributed by atoms with Crippen LogP contribution in [0.4, 0.5) is 0 Å². The molecule has 5 aliphatic rings. The average molecular weight is 249 g/mol. The first kappa shape index (κ1) is 11.7. The largest absolute Gasteiger partial charge is 0.475 e. The molecule has 18 heavy (non-hydrogen) atoms. The van der Waals surface area contributed by atoms with Gasteiger partial charge >= 0.3 is 7.12 Å². The van der Waals surface area contributed by atoms with Crippen molar-refractivity contribution in [1.82, 2.24) is 5.32 Å². The van der Waals surface area contributed by atoms with E-state index in [-0.39, 0.29) is 12.7 Å². The SMILES string of the molecule is CC1(C)[C@H]2C[C@@H]3OB([C@@H]4CCCN4)O[C@@]3(C)[C@H]1C2. The zero-order valence-corrected chi connectivity index (χ0v) is 11.7. The van der Waals surface area contributed by atoms with Gasteiger partial charge < -0.3 is 14.6 Å². The highest BCUT2D eigenvalue weighted by atomic mass is 16.7. The minimum Gasteiger partial charge on any atom is -0.404 e. The van der Waals surface area contributed by atoms with Gasteiger partial charge in [-0.25, -0.2) is 0 Å². The summed E-state index contributed by atoms with van der Waals surface area (Å²) < 4.78 is 12.7. The molecule has 2 bridgehead atoms. The van der Waals surface area contributed by atoms with Crippen LogP contribution in [0.25, 0.3) is 0 Å². The zero-order chi connectivity index (χ0) is 12.5. The van der Waals surface area contributed by atoms with E-state index in [9.17, 15) is 0 Å². The lowest BCUT2D eigenvalue weighted by Gasteiger charge is -2.64. The molecule has 4 heteroatoms. The van der Waals surface area contributed by atoms with E-state index < -0.39 is 0 Å². The summed E-state index contributed by atoms with van der Waals surface area (Å²) >= 11 is 0. The van der Waals surface area contributed by atoms with Gasteiger partial charge in [0.2, 0.25) is 0 Å². The summed E-state index contributed by atoms with van der Waals surface area (Å²) in [7, 11) is -0.00218. The number of hydrogen-bond donors (Lipinski definition) is 1. The van der Waals surface area contributed by atoms with Gasteiger partial charge in [0.05, 0.1) is 11.7 Å². The lowest BCUT2D eigenvalue weighted by atomic mass is 9.43. The molecule has 0 spiro atoms. The summed E-state index contributed by atoms with van der Waals surface area (Å²) in [6.07, 6.45) is 5.33. The fraction of sp³-hybridized carbons (Fsp3) is 1.00. The first-order chi connectivity index (χ1) is 8.52. The smallest absolute Gasteiger partial charge is 0.404 e. The molecule has 3 saturated carbocycles. The molecule has 0 aromatic heterocycles. The van der Waals surface area contributed by atoms with E-state index in [1.54, 1.807) is 0 Å². The van der Waals surface area contributed by atoms with Crippen LogP contribution in [0, 0.1) is 17.3 Å². The highest BCUT2D eigenvalue weighted by Gasteiger charge is 2.68. The van der Waals surface area contributed by atoms with Crippen molar-refractivity contribution < 1.29 is 9.31 Å². The van der Waals surface area contributed by atoms with Crippen molar-refractivity contribution in [2.24, 2.45) is 17.3 Å². The van der Waals surface area contributed by atoms with Crippen molar-refractivity contribution >= 4 is 7.12 Å². The Labute approximate surface area is 110 Å². The van der Waals surface area contributed by atoms with Gasteiger partial charge in [0.15, 0.2) is 0 Å². The highest BCUT2D eigenvalue weighted by molar-refractivity contribution is 6.47. The molecule has 5 rings (SSSR count). The Morgan fingerprint density at radius 2 is 2.06 bits per heavy atom. The average Bonchev–Trinajstić information content (AvgIpc) is 2.92. The predicted octanol–water partition coefficient (Wildman–Crippen LogP) is 2.01. The Morgan fingerprint density at radius 3 is 2.72 bits per heavy atom. The predicted molar refractivity (Wildman–Crippen MR) is 71.1 cm³/mol. The maximum Gasteiger partial charge on any atom is 0.475 e. The Hall–Kier alpha value is -0.0551. The van der Waals surface area contributed by atoms with Crippen molar-refractivity contribution in [3.05, 3.63) is 0 Å². The second-order valence-corrected chi connectivity index (χ2v) is 7.54. The van der Waals surface area contributed by atoms with Crippen LogP contribution in [0.2, 0.25) is 0 Å². The van der Waals surface area contributed by atoms with Gasteiger partial charge in [-0.15, -0.1) is 0 Å². The topological polar surface area (TPSA) is 30.5 Å². The van der Waals surface area contributed by atoms with Gasteiger partial charge in [-0.3, -0.25) is 0 Å². The van der Waals surface area contributed by atoms with Gasteiger partial charge in [0.25, 0.3) is 0 Å². The third-order valence-corrected chi connectivity index (χ3v) is 6.40. The summed E-state index contributed by atoms with van der Waals surface area (Å²) in [6.45, 7) is 8.25. The van der Waals surface area contributed by atoms with Gasteiger partial charge in [-0.1, -0.05) is 13.8 Å². The van der Waals surface area contributed by atoms with Crippen LogP contribution in [0.3, 0.4) is 0 Å². The number of hydrogen-bond acceptors (Lipinski definition) is 3. The van der Waals surface area contributed by atoms with E-state index in [1.165, 1.54) is 25.7 Å². The second-order valence-electron chi connectivity index (χ2n) is 7.54. The van der Waals surface area contributed by atoms with E-state index in [1.807, 2.05) is 0 Å². The molecular weight excluding hydrogens is 225 g/mol. The van der Waals surface area contributed by atoms with E-state index in [0.29, 0.717) is 23.4 Å². The first-order valence-electron chi connectivity index (χ1n) is 7.58. The molecule has 3 nitrogen and oxygen atoms in total. The summed E-state index contributed by atoms with van der Waals surface area (Å²) in [5.74, 6) is 1.95. The molecule has 100 valence electrons. The second kappa shape index (κ2) is 3.53. The van der Waals surface area contributed by atoms with Crippen molar-refractivity contribution in [1.29, 1.82) is 0 Å². The molecule has 0 aromatic carbocycles. The molecule has 2 saturated heterocycles. The van der Waals surface area contributed by atoms with E-state index in [4.69, 9.17) is 9.31 Å². The number of nitrogens with one attached hydrogen (secondary N) is 1. The molecule has 3 aliphatic carbocycles. The van der Waals surface area contributed by atoms with Crippen molar-refractivity contribution in [2.75, 3.05) is 6.54 Å². The lowest BCUT2D eigenvalue weighted by Crippen LogP contribution is -2.65. The fourth-order valence-corrected chi connectivity index (χ4v) is 5.01. The lowest BCUT2D eigenvalue weighted by molar-refractivity contribution is -0.199. The van der Waals surface area contributed by atoms with Crippen LogP contribution in [-0.4, -0.2) is 31.3 Å². The molecule has 5 atom stereocenters. The summed E-state index contributed by atoms with van der Waals surface area (Å²) in [6, 6.07) is 0. The van der Waals surface area contributed by atoms with Gasteiger partial charge in [0, 0.05) is 5.94 Å². The van der Waals surface area contributed by atoms with E-state index >= 15 is 0 Å². The van der Waals surface area contributed by atoms with Crippen LogP contribution in [-0.2, 0) is 9.31 Å². The van der Waals surface area contributed by atoms with Crippen LogP contribution >= 0.6 is 0 Å². The third-order valence-electron chi connectivity index (χ3n) is 6.40. The standard InChI is InChI=1S/C14H24BNO2/c1-13(2)9-7-10(13)14(3)11(8-9)17-15(18-14)12-5-4-6-16-12/h9-12,16H,4-8H2,1-3H3/t9-,10+,11+,12+,14+/m1/s1. The van der Waals surface area contributed by atoms with Gasteiger partial charge in [-0.05, 0) is 56.4 Å². The van der Waals surface area contributed by atoms with Crippen molar-refractivity contribution in [2.45, 2.75) is 64.1 Å². The Balaban J connectivity index is 1.57. The monoisotopic (exact) mass is 249 g/mol. The first-order valence-corrected chi connectivity index (χ1v) is 7.58. The zero-order valence-electron chi connectivity index (χ0n) is 11.7. The molecule has 2 heterocycles. The van der Waals surface area contributed by atoms with E-state index in [2.05, 4.69) is 26.1 Å². The maximum absolute atomic E-state index is 6.44. The van der Waals surface area contributed by atoms with Crippen molar-refractivity contribution in [3.63, 3.8) is 0 Å². The minimum absolute atomic E-state index is 0.00218. The molecule has 5 fully saturated rings. The number of rotatable bonds is 1. The van der Waals surface area contributed by atoms with Gasteiger partial charge in [0.1, 0.15) is 0 Å². The molecule has 0 unspecified atom stereocenters. The Bertz CT molecular complexity index is 369. The third kappa shape index (κ3) is 1.32. The molecule has 2 aliphatic heterocycles. The normalized spacial score (nSPS) is 53.2. The Morgan fingerprint density at radius 1 is 1.22 bits per heavy atom. The van der Waals surface area contributed by atoms with E-state index in [0.717, 1.165) is 12.5 Å². The molecular formula is C14H24BNO2. The molecule has 0 aromatic rings. The maximum atomic E-state index is 6.44. The summed E-state index contributed by atoms with van der Waals surface area (Å²) in [5.41, 5.74) is 0.416. The molecule has 1 N–H and O–H groups in total.